The van der Waals surface area contributed by atoms with E-state index >= 15 is 0 Å². The van der Waals surface area contributed by atoms with Gasteiger partial charge in [-0.3, -0.25) is 0 Å². The van der Waals surface area contributed by atoms with E-state index in [9.17, 15) is 0 Å². The fraction of sp³-hybridized carbons (Fsp3) is 1.00. The maximum absolute atomic E-state index is 1.60. The second-order valence-corrected chi connectivity index (χ2v) is 5.70. The third kappa shape index (κ3) is 1.25. The quantitative estimate of drug-likeness (QED) is 0.596. The van der Waals surface area contributed by atoms with Crippen molar-refractivity contribution in [2.75, 3.05) is 0 Å². The Morgan fingerprint density at radius 1 is 0.615 bits per heavy atom. The van der Waals surface area contributed by atoms with Crippen LogP contribution in [0.4, 0.5) is 0 Å². The van der Waals surface area contributed by atoms with E-state index in [0.717, 1.165) is 11.3 Å². The van der Waals surface area contributed by atoms with E-state index in [1.54, 1.807) is 64.2 Å². The first-order valence-electron chi connectivity index (χ1n) is 6.42. The topological polar surface area (TPSA) is 0 Å². The number of hydrogen-bond donors (Lipinski definition) is 0. The zero-order chi connectivity index (χ0) is 8.73. The summed E-state index contributed by atoms with van der Waals surface area (Å²) in [4.78, 5) is 0. The molecule has 3 aliphatic rings. The molecule has 13 heavy (non-hydrogen) atoms. The molecule has 0 unspecified atom stereocenters. The largest absolute Gasteiger partial charge is 0.0530 e. The highest BCUT2D eigenvalue weighted by Crippen LogP contribution is 2.61. The third-order valence-corrected chi connectivity index (χ3v) is 5.09. The molecule has 0 atom stereocenters. The van der Waals surface area contributed by atoms with Crippen LogP contribution in [0, 0.1) is 17.3 Å². The van der Waals surface area contributed by atoms with Crippen LogP contribution >= 0.6 is 0 Å². The van der Waals surface area contributed by atoms with E-state index < -0.39 is 0 Å². The Morgan fingerprint density at radius 2 is 1.15 bits per heavy atom. The second-order valence-electron chi connectivity index (χ2n) is 5.70. The van der Waals surface area contributed by atoms with E-state index in [4.69, 9.17) is 0 Å². The predicted octanol–water partition coefficient (Wildman–Crippen LogP) is 4.15. The van der Waals surface area contributed by atoms with Gasteiger partial charge in [0.2, 0.25) is 0 Å². The van der Waals surface area contributed by atoms with Crippen LogP contribution in [0.25, 0.3) is 0 Å². The maximum atomic E-state index is 1.60. The molecule has 0 heteroatoms. The second kappa shape index (κ2) is 3.00. The van der Waals surface area contributed by atoms with Gasteiger partial charge in [-0.15, -0.1) is 0 Å². The Hall–Kier alpha value is 0. The minimum Gasteiger partial charge on any atom is -0.0530 e. The standard InChI is InChI=1S/C13H22/c1-2-6-11(5-1)13(12-7-8-12)9-3-4-10-13/h11-12H,1-10H2. The average molecular weight is 178 g/mol. The summed E-state index contributed by atoms with van der Waals surface area (Å²) >= 11 is 0. The van der Waals surface area contributed by atoms with Gasteiger partial charge in [-0.25, -0.2) is 0 Å². The summed E-state index contributed by atoms with van der Waals surface area (Å²) in [7, 11) is 0. The molecule has 0 heterocycles. The molecule has 0 bridgehead atoms. The lowest BCUT2D eigenvalue weighted by Crippen LogP contribution is -2.28. The third-order valence-electron chi connectivity index (χ3n) is 5.09. The van der Waals surface area contributed by atoms with Crippen LogP contribution in [0.3, 0.4) is 0 Å². The molecule has 0 spiro atoms. The molecule has 3 saturated carbocycles. The Morgan fingerprint density at radius 3 is 1.69 bits per heavy atom. The lowest BCUT2D eigenvalue weighted by molar-refractivity contribution is 0.135. The van der Waals surface area contributed by atoms with Crippen molar-refractivity contribution in [3.05, 3.63) is 0 Å². The highest BCUT2D eigenvalue weighted by atomic mass is 14.6. The summed E-state index contributed by atoms with van der Waals surface area (Å²) in [6.07, 6.45) is 15.7. The first-order valence-corrected chi connectivity index (χ1v) is 6.42. The van der Waals surface area contributed by atoms with Crippen LogP contribution in [-0.4, -0.2) is 0 Å². The molecule has 0 aliphatic heterocycles. The van der Waals surface area contributed by atoms with Crippen molar-refractivity contribution in [3.63, 3.8) is 0 Å². The minimum absolute atomic E-state index is 0.885. The summed E-state index contributed by atoms with van der Waals surface area (Å²) in [5.41, 5.74) is 0.885. The number of hydrogen-bond acceptors (Lipinski definition) is 0. The lowest BCUT2D eigenvalue weighted by Gasteiger charge is -2.36. The zero-order valence-corrected chi connectivity index (χ0v) is 8.73. The van der Waals surface area contributed by atoms with Gasteiger partial charge in [0.25, 0.3) is 0 Å². The van der Waals surface area contributed by atoms with Crippen molar-refractivity contribution in [2.24, 2.45) is 17.3 Å². The van der Waals surface area contributed by atoms with Gasteiger partial charge in [0.1, 0.15) is 0 Å². The van der Waals surface area contributed by atoms with Crippen molar-refractivity contribution < 1.29 is 0 Å². The Labute approximate surface area is 82.1 Å². The molecule has 0 radical (unpaired) electrons. The van der Waals surface area contributed by atoms with E-state index in [-0.39, 0.29) is 0 Å². The molecule has 0 aromatic rings. The fourth-order valence-electron chi connectivity index (χ4n) is 4.34. The minimum atomic E-state index is 0.885. The van der Waals surface area contributed by atoms with E-state index in [1.165, 1.54) is 5.92 Å². The molecule has 0 aromatic carbocycles. The predicted molar refractivity (Wildman–Crippen MR) is 55.6 cm³/mol. The smallest absolute Gasteiger partial charge is 0.0241 e. The normalized spacial score (nSPS) is 34.2. The Balaban J connectivity index is 1.80. The molecule has 0 nitrogen and oxygen atoms in total. The van der Waals surface area contributed by atoms with Crippen LogP contribution < -0.4 is 0 Å². The molecule has 0 amide bonds. The summed E-state index contributed by atoms with van der Waals surface area (Å²) in [6, 6.07) is 0. The molecular formula is C13H22. The summed E-state index contributed by atoms with van der Waals surface area (Å²) < 4.78 is 0. The zero-order valence-electron chi connectivity index (χ0n) is 8.73. The van der Waals surface area contributed by atoms with E-state index in [2.05, 4.69) is 0 Å². The molecule has 3 fully saturated rings. The monoisotopic (exact) mass is 178 g/mol. The molecular weight excluding hydrogens is 156 g/mol. The van der Waals surface area contributed by atoms with Gasteiger partial charge >= 0.3 is 0 Å². The molecule has 0 saturated heterocycles. The average Bonchev–Trinajstić information content (AvgIpc) is 2.73. The summed E-state index contributed by atoms with van der Waals surface area (Å²) in [5.74, 6) is 2.33. The van der Waals surface area contributed by atoms with Crippen LogP contribution in [0.2, 0.25) is 0 Å². The molecule has 74 valence electrons. The SMILES string of the molecule is C1CCC(C2(C3CC3)CCCC2)C1. The maximum Gasteiger partial charge on any atom is -0.0241 e. The van der Waals surface area contributed by atoms with Crippen LogP contribution in [0.5, 0.6) is 0 Å². The molecule has 0 N–H and O–H groups in total. The Kier molecular flexibility index (Phi) is 1.92. The van der Waals surface area contributed by atoms with Crippen molar-refractivity contribution in [3.8, 4) is 0 Å². The van der Waals surface area contributed by atoms with E-state index in [0.29, 0.717) is 0 Å². The summed E-state index contributed by atoms with van der Waals surface area (Å²) in [6.45, 7) is 0. The van der Waals surface area contributed by atoms with Gasteiger partial charge in [0.15, 0.2) is 0 Å². The fourth-order valence-corrected chi connectivity index (χ4v) is 4.34. The van der Waals surface area contributed by atoms with E-state index in [1.807, 2.05) is 0 Å². The van der Waals surface area contributed by atoms with Crippen molar-refractivity contribution in [2.45, 2.75) is 64.2 Å². The van der Waals surface area contributed by atoms with Crippen LogP contribution in [0.15, 0.2) is 0 Å². The molecule has 0 aromatic heterocycles. The van der Waals surface area contributed by atoms with Gasteiger partial charge in [0, 0.05) is 0 Å². The molecule has 3 rings (SSSR count). The summed E-state index contributed by atoms with van der Waals surface area (Å²) in [5, 5.41) is 0. The Bertz CT molecular complexity index is 178. The van der Waals surface area contributed by atoms with Gasteiger partial charge in [0.05, 0.1) is 0 Å². The van der Waals surface area contributed by atoms with Gasteiger partial charge in [-0.05, 0) is 55.8 Å². The van der Waals surface area contributed by atoms with Crippen molar-refractivity contribution >= 4 is 0 Å². The van der Waals surface area contributed by atoms with Gasteiger partial charge < -0.3 is 0 Å². The highest BCUT2D eigenvalue weighted by Gasteiger charge is 2.51. The molecule has 3 aliphatic carbocycles. The lowest BCUT2D eigenvalue weighted by atomic mass is 9.69. The van der Waals surface area contributed by atoms with Crippen molar-refractivity contribution in [1.82, 2.24) is 0 Å². The van der Waals surface area contributed by atoms with Crippen LogP contribution in [0.1, 0.15) is 64.2 Å². The first kappa shape index (κ1) is 8.32. The van der Waals surface area contributed by atoms with Gasteiger partial charge in [-0.1, -0.05) is 25.7 Å². The number of rotatable bonds is 2. The first-order chi connectivity index (χ1) is 6.42. The highest BCUT2D eigenvalue weighted by molar-refractivity contribution is 5.01. The van der Waals surface area contributed by atoms with Crippen molar-refractivity contribution in [1.29, 1.82) is 0 Å². The van der Waals surface area contributed by atoms with Crippen LogP contribution in [-0.2, 0) is 0 Å². The van der Waals surface area contributed by atoms with Gasteiger partial charge in [-0.2, -0.15) is 0 Å².